The minimum atomic E-state index is 0.0356. The highest BCUT2D eigenvalue weighted by Gasteiger charge is 2.08. The molecule has 0 heterocycles. The third-order valence-electron chi connectivity index (χ3n) is 2.90. The van der Waals surface area contributed by atoms with Crippen molar-refractivity contribution < 1.29 is 5.11 Å². The van der Waals surface area contributed by atoms with Crippen LogP contribution in [0.5, 0.6) is 5.75 Å². The fourth-order valence-corrected chi connectivity index (χ4v) is 2.34. The van der Waals surface area contributed by atoms with Crippen LogP contribution in [0.15, 0.2) is 42.5 Å². The van der Waals surface area contributed by atoms with E-state index in [9.17, 15) is 5.11 Å². The average molecular weight is 281 g/mol. The molecule has 94 valence electrons. The lowest BCUT2D eigenvalue weighted by Gasteiger charge is -2.07. The monoisotopic (exact) mass is 280 g/mol. The first-order valence-corrected chi connectivity index (χ1v) is 6.64. The van der Waals surface area contributed by atoms with Gasteiger partial charge >= 0.3 is 0 Å². The molecule has 0 saturated carbocycles. The van der Waals surface area contributed by atoms with E-state index < -0.39 is 0 Å². The fraction of sp³-hybridized carbons (Fsp3) is 0.200. The van der Waals surface area contributed by atoms with Gasteiger partial charge in [-0.15, -0.1) is 0 Å². The molecule has 2 aromatic rings. The van der Waals surface area contributed by atoms with Crippen LogP contribution in [0.2, 0.25) is 10.0 Å². The SMILES string of the molecule is Oc1ccc(CCCc2ccccc2)c(Cl)c1Cl. The molecule has 0 saturated heterocycles. The maximum atomic E-state index is 9.41. The summed E-state index contributed by atoms with van der Waals surface area (Å²) < 4.78 is 0. The second-order valence-electron chi connectivity index (χ2n) is 4.21. The zero-order valence-electron chi connectivity index (χ0n) is 9.87. The fourth-order valence-electron chi connectivity index (χ4n) is 1.90. The molecule has 0 bridgehead atoms. The van der Waals surface area contributed by atoms with Gasteiger partial charge in [-0.1, -0.05) is 59.6 Å². The lowest BCUT2D eigenvalue weighted by Crippen LogP contribution is -1.91. The van der Waals surface area contributed by atoms with Gasteiger partial charge in [0.25, 0.3) is 0 Å². The Kier molecular flexibility index (Phi) is 4.51. The van der Waals surface area contributed by atoms with Crippen LogP contribution in [-0.4, -0.2) is 5.11 Å². The van der Waals surface area contributed by atoms with Crippen LogP contribution < -0.4 is 0 Å². The van der Waals surface area contributed by atoms with Crippen molar-refractivity contribution in [3.63, 3.8) is 0 Å². The zero-order valence-corrected chi connectivity index (χ0v) is 11.4. The predicted molar refractivity (Wildman–Crippen MR) is 76.6 cm³/mol. The molecule has 0 amide bonds. The number of benzene rings is 2. The Hall–Kier alpha value is -1.18. The number of rotatable bonds is 4. The quantitative estimate of drug-likeness (QED) is 0.847. The summed E-state index contributed by atoms with van der Waals surface area (Å²) in [4.78, 5) is 0. The molecule has 18 heavy (non-hydrogen) atoms. The molecule has 0 aliphatic heterocycles. The average Bonchev–Trinajstić information content (AvgIpc) is 2.40. The topological polar surface area (TPSA) is 20.2 Å². The highest BCUT2D eigenvalue weighted by molar-refractivity contribution is 6.43. The Balaban J connectivity index is 1.97. The van der Waals surface area contributed by atoms with Gasteiger partial charge in [-0.25, -0.2) is 0 Å². The van der Waals surface area contributed by atoms with Gasteiger partial charge in [0.1, 0.15) is 10.8 Å². The van der Waals surface area contributed by atoms with Gasteiger partial charge in [-0.05, 0) is 36.5 Å². The summed E-state index contributed by atoms with van der Waals surface area (Å²) in [5.41, 5.74) is 2.30. The molecule has 1 N–H and O–H groups in total. The first-order valence-electron chi connectivity index (χ1n) is 5.88. The molecular weight excluding hydrogens is 267 g/mol. The summed E-state index contributed by atoms with van der Waals surface area (Å²) in [6.07, 6.45) is 2.87. The van der Waals surface area contributed by atoms with Crippen molar-refractivity contribution in [1.29, 1.82) is 0 Å². The van der Waals surface area contributed by atoms with Crippen LogP contribution in [0.4, 0.5) is 0 Å². The molecule has 0 aromatic heterocycles. The molecule has 2 rings (SSSR count). The molecule has 2 aromatic carbocycles. The van der Waals surface area contributed by atoms with Gasteiger partial charge in [-0.3, -0.25) is 0 Å². The van der Waals surface area contributed by atoms with Crippen molar-refractivity contribution in [2.75, 3.05) is 0 Å². The van der Waals surface area contributed by atoms with E-state index in [-0.39, 0.29) is 10.8 Å². The summed E-state index contributed by atoms with van der Waals surface area (Å²) in [5.74, 6) is 0.0356. The van der Waals surface area contributed by atoms with E-state index >= 15 is 0 Å². The Morgan fingerprint density at radius 1 is 0.833 bits per heavy atom. The molecule has 0 radical (unpaired) electrons. The Morgan fingerprint density at radius 3 is 2.28 bits per heavy atom. The van der Waals surface area contributed by atoms with Gasteiger partial charge in [0.05, 0.1) is 5.02 Å². The van der Waals surface area contributed by atoms with Crippen LogP contribution in [0.25, 0.3) is 0 Å². The van der Waals surface area contributed by atoms with Gasteiger partial charge in [0.15, 0.2) is 0 Å². The van der Waals surface area contributed by atoms with Crippen LogP contribution >= 0.6 is 23.2 Å². The highest BCUT2D eigenvalue weighted by Crippen LogP contribution is 2.34. The predicted octanol–water partition coefficient (Wildman–Crippen LogP) is 4.87. The summed E-state index contributed by atoms with van der Waals surface area (Å²) >= 11 is 12.0. The largest absolute Gasteiger partial charge is 0.506 e. The molecule has 0 aliphatic rings. The van der Waals surface area contributed by atoms with Crippen molar-refractivity contribution in [3.05, 3.63) is 63.6 Å². The van der Waals surface area contributed by atoms with E-state index in [0.29, 0.717) is 5.02 Å². The Morgan fingerprint density at radius 2 is 1.56 bits per heavy atom. The third-order valence-corrected chi connectivity index (χ3v) is 3.81. The highest BCUT2D eigenvalue weighted by atomic mass is 35.5. The van der Waals surface area contributed by atoms with Crippen molar-refractivity contribution in [3.8, 4) is 5.75 Å². The van der Waals surface area contributed by atoms with Crippen LogP contribution in [0, 0.1) is 0 Å². The smallest absolute Gasteiger partial charge is 0.135 e. The van der Waals surface area contributed by atoms with Crippen LogP contribution in [-0.2, 0) is 12.8 Å². The summed E-state index contributed by atoms with van der Waals surface area (Å²) in [5, 5.41) is 10.1. The number of hydrogen-bond donors (Lipinski definition) is 1. The lowest BCUT2D eigenvalue weighted by atomic mass is 10.0. The molecule has 0 spiro atoms. The van der Waals surface area contributed by atoms with Crippen LogP contribution in [0.1, 0.15) is 17.5 Å². The zero-order chi connectivity index (χ0) is 13.0. The maximum Gasteiger partial charge on any atom is 0.135 e. The number of aryl methyl sites for hydroxylation is 2. The second kappa shape index (κ2) is 6.12. The van der Waals surface area contributed by atoms with E-state index in [1.807, 2.05) is 24.3 Å². The van der Waals surface area contributed by atoms with Gasteiger partial charge in [0.2, 0.25) is 0 Å². The molecular formula is C15H14Cl2O. The van der Waals surface area contributed by atoms with Crippen molar-refractivity contribution in [1.82, 2.24) is 0 Å². The molecule has 1 nitrogen and oxygen atoms in total. The van der Waals surface area contributed by atoms with Gasteiger partial charge in [0, 0.05) is 0 Å². The second-order valence-corrected chi connectivity index (χ2v) is 4.97. The first kappa shape index (κ1) is 13.3. The minimum absolute atomic E-state index is 0.0356. The molecule has 3 heteroatoms. The standard InChI is InChI=1S/C15H14Cl2O/c16-14-12(9-10-13(18)15(14)17)8-4-7-11-5-2-1-3-6-11/h1-3,5-6,9-10,18H,4,7-8H2. The van der Waals surface area contributed by atoms with E-state index in [2.05, 4.69) is 12.1 Å². The number of halogens is 2. The number of aromatic hydroxyl groups is 1. The molecule has 0 atom stereocenters. The Labute approximate surface area is 117 Å². The molecule has 0 fully saturated rings. The van der Waals surface area contributed by atoms with E-state index in [1.165, 1.54) is 5.56 Å². The maximum absolute atomic E-state index is 9.41. The van der Waals surface area contributed by atoms with Crippen LogP contribution in [0.3, 0.4) is 0 Å². The summed E-state index contributed by atoms with van der Waals surface area (Å²) in [6, 6.07) is 13.7. The minimum Gasteiger partial charge on any atom is -0.506 e. The summed E-state index contributed by atoms with van der Waals surface area (Å²) in [6.45, 7) is 0. The summed E-state index contributed by atoms with van der Waals surface area (Å²) in [7, 11) is 0. The van der Waals surface area contributed by atoms with E-state index in [0.717, 1.165) is 24.8 Å². The number of phenols is 1. The molecule has 0 aliphatic carbocycles. The van der Waals surface area contributed by atoms with Gasteiger partial charge < -0.3 is 5.11 Å². The lowest BCUT2D eigenvalue weighted by molar-refractivity contribution is 0.475. The molecule has 0 unspecified atom stereocenters. The van der Waals surface area contributed by atoms with E-state index in [4.69, 9.17) is 23.2 Å². The third kappa shape index (κ3) is 3.18. The number of hydrogen-bond acceptors (Lipinski definition) is 1. The normalized spacial score (nSPS) is 10.6. The number of phenolic OH excluding ortho intramolecular Hbond substituents is 1. The van der Waals surface area contributed by atoms with Gasteiger partial charge in [-0.2, -0.15) is 0 Å². The Bertz CT molecular complexity index is 524. The first-order chi connectivity index (χ1) is 8.68. The van der Waals surface area contributed by atoms with Crippen molar-refractivity contribution >= 4 is 23.2 Å². The van der Waals surface area contributed by atoms with E-state index in [1.54, 1.807) is 6.07 Å². The van der Waals surface area contributed by atoms with Crippen molar-refractivity contribution in [2.24, 2.45) is 0 Å². The van der Waals surface area contributed by atoms with Crippen molar-refractivity contribution in [2.45, 2.75) is 19.3 Å².